The van der Waals surface area contributed by atoms with E-state index >= 15 is 0 Å². The normalized spacial score (nSPS) is 11.7. The Labute approximate surface area is 165 Å². The highest BCUT2D eigenvalue weighted by atomic mass is 31.1. The summed E-state index contributed by atoms with van der Waals surface area (Å²) in [4.78, 5) is 25.4. The second-order valence-electron chi connectivity index (χ2n) is 7.12. The lowest BCUT2D eigenvalue weighted by molar-refractivity contribution is -0.147. The van der Waals surface area contributed by atoms with Crippen molar-refractivity contribution in [1.29, 1.82) is 0 Å². The van der Waals surface area contributed by atoms with Crippen molar-refractivity contribution in [3.8, 4) is 11.1 Å². The van der Waals surface area contributed by atoms with E-state index in [1.165, 1.54) is 0 Å². The Morgan fingerprint density at radius 3 is 1.74 bits per heavy atom. The highest BCUT2D eigenvalue weighted by Crippen LogP contribution is 2.43. The first-order valence-corrected chi connectivity index (χ1v) is 10.7. The zero-order chi connectivity index (χ0) is 20.7. The van der Waals surface area contributed by atoms with E-state index in [1.54, 1.807) is 34.4 Å². The van der Waals surface area contributed by atoms with Crippen LogP contribution in [0.25, 0.3) is 11.1 Å². The van der Waals surface area contributed by atoms with Gasteiger partial charge in [0.1, 0.15) is 0 Å². The molecule has 0 aliphatic rings. The average Bonchev–Trinajstić information content (AvgIpc) is 2.69. The van der Waals surface area contributed by atoms with Gasteiger partial charge in [0.2, 0.25) is 0 Å². The Kier molecular flexibility index (Phi) is 8.37. The summed E-state index contributed by atoms with van der Waals surface area (Å²) in [7, 11) is 0.0722. The number of benzene rings is 2. The molecule has 0 aromatic heterocycles. The van der Waals surface area contributed by atoms with Crippen LogP contribution in [0.15, 0.2) is 54.6 Å². The number of Topliss-reactive ketones (excluding diaryl/α,β-unsaturated/α-hetero) is 1. The molecule has 0 saturated carbocycles. The molecule has 27 heavy (non-hydrogen) atoms. The van der Waals surface area contributed by atoms with E-state index in [9.17, 15) is 9.59 Å². The van der Waals surface area contributed by atoms with Crippen LogP contribution in [-0.2, 0) is 9.32 Å². The monoisotopic (exact) mass is 386 g/mol. The molecule has 2 aromatic carbocycles. The van der Waals surface area contributed by atoms with Gasteiger partial charge in [0.05, 0.1) is 14.2 Å². The summed E-state index contributed by atoms with van der Waals surface area (Å²) < 4.78 is 5.19. The van der Waals surface area contributed by atoms with Gasteiger partial charge in [-0.15, -0.1) is 0 Å². The molecule has 0 saturated heterocycles. The lowest BCUT2D eigenvalue weighted by Gasteiger charge is -2.38. The van der Waals surface area contributed by atoms with Gasteiger partial charge in [0.15, 0.2) is 5.78 Å². The summed E-state index contributed by atoms with van der Waals surface area (Å²) in [6, 6.07) is 17.6. The lowest BCUT2D eigenvalue weighted by Crippen LogP contribution is -2.45. The van der Waals surface area contributed by atoms with Crippen LogP contribution in [0.4, 0.5) is 0 Å². The van der Waals surface area contributed by atoms with E-state index in [4.69, 9.17) is 4.52 Å². The Hall–Kier alpha value is -1.99. The van der Waals surface area contributed by atoms with Crippen LogP contribution in [0, 0.1) is 10.8 Å². The molecule has 0 amide bonds. The quantitative estimate of drug-likeness (QED) is 0.427. The SMILES string of the molecule is CC.CPOC(=O)C(C)(C)C(C)(C)C(=O)c1ccc(-c2ccccc2)cc1. The molecule has 1 atom stereocenters. The highest BCUT2D eigenvalue weighted by molar-refractivity contribution is 7.31. The first kappa shape index (κ1) is 23.0. The van der Waals surface area contributed by atoms with Crippen LogP contribution in [-0.4, -0.2) is 18.4 Å². The second kappa shape index (κ2) is 9.80. The van der Waals surface area contributed by atoms with Crippen LogP contribution >= 0.6 is 8.81 Å². The van der Waals surface area contributed by atoms with Crippen molar-refractivity contribution in [2.75, 3.05) is 6.66 Å². The number of carbonyl (C=O) groups is 2. The summed E-state index contributed by atoms with van der Waals surface area (Å²) in [5, 5.41) is 0. The lowest BCUT2D eigenvalue weighted by atomic mass is 9.64. The van der Waals surface area contributed by atoms with Gasteiger partial charge in [0.25, 0.3) is 0 Å². The third-order valence-corrected chi connectivity index (χ3v) is 5.48. The van der Waals surface area contributed by atoms with Crippen LogP contribution in [0.2, 0.25) is 0 Å². The molecule has 0 heterocycles. The molecule has 2 aromatic rings. The van der Waals surface area contributed by atoms with E-state index in [-0.39, 0.29) is 20.6 Å². The Bertz CT molecular complexity index is 747. The third-order valence-electron chi connectivity index (χ3n) is 5.09. The van der Waals surface area contributed by atoms with Crippen molar-refractivity contribution in [2.24, 2.45) is 10.8 Å². The highest BCUT2D eigenvalue weighted by Gasteiger charge is 2.49. The van der Waals surface area contributed by atoms with Gasteiger partial charge in [-0.1, -0.05) is 82.3 Å². The molecule has 2 rings (SSSR count). The molecule has 0 spiro atoms. The summed E-state index contributed by atoms with van der Waals surface area (Å²) in [6.07, 6.45) is 0. The van der Waals surface area contributed by atoms with Crippen molar-refractivity contribution in [3.63, 3.8) is 0 Å². The molecular formula is C23H31O3P. The number of ketones is 1. The Balaban J connectivity index is 0.00000176. The molecule has 0 fully saturated rings. The van der Waals surface area contributed by atoms with Crippen LogP contribution in [0.3, 0.4) is 0 Å². The van der Waals surface area contributed by atoms with E-state index in [0.29, 0.717) is 5.56 Å². The van der Waals surface area contributed by atoms with Gasteiger partial charge < -0.3 is 4.52 Å². The maximum atomic E-state index is 13.1. The molecule has 0 aliphatic heterocycles. The van der Waals surface area contributed by atoms with E-state index < -0.39 is 10.8 Å². The number of hydrogen-bond donors (Lipinski definition) is 0. The molecule has 0 N–H and O–H groups in total. The number of carbonyl (C=O) groups excluding carboxylic acids is 2. The maximum absolute atomic E-state index is 13.1. The van der Waals surface area contributed by atoms with Crippen molar-refractivity contribution >= 4 is 20.6 Å². The summed E-state index contributed by atoms with van der Waals surface area (Å²) in [5.74, 6) is -0.402. The summed E-state index contributed by atoms with van der Waals surface area (Å²) >= 11 is 0. The molecule has 0 bridgehead atoms. The molecule has 0 radical (unpaired) electrons. The minimum atomic E-state index is -0.912. The fraction of sp³-hybridized carbons (Fsp3) is 0.391. The smallest absolute Gasteiger partial charge is 0.314 e. The predicted molar refractivity (Wildman–Crippen MR) is 115 cm³/mol. The molecular weight excluding hydrogens is 355 g/mol. The van der Waals surface area contributed by atoms with Gasteiger partial charge >= 0.3 is 5.97 Å². The molecule has 0 aliphatic carbocycles. The summed E-state index contributed by atoms with van der Waals surface area (Å²) in [5.41, 5.74) is 0.974. The second-order valence-corrected chi connectivity index (χ2v) is 7.73. The zero-order valence-corrected chi connectivity index (χ0v) is 18.4. The van der Waals surface area contributed by atoms with Crippen LogP contribution in [0.1, 0.15) is 51.9 Å². The first-order chi connectivity index (χ1) is 12.7. The fourth-order valence-electron chi connectivity index (χ4n) is 2.56. The van der Waals surface area contributed by atoms with Gasteiger partial charge in [-0.3, -0.25) is 9.59 Å². The standard InChI is InChI=1S/C21H25O3P.C2H6/c1-20(2,21(3,4)19(23)24-25-5)18(22)17-13-11-16(12-14-17)15-9-7-6-8-10-15;1-2/h6-14,25H,1-5H3;1-2H3. The van der Waals surface area contributed by atoms with Crippen molar-refractivity contribution in [3.05, 3.63) is 60.2 Å². The summed E-state index contributed by atoms with van der Waals surface area (Å²) in [6.45, 7) is 12.9. The van der Waals surface area contributed by atoms with E-state index in [0.717, 1.165) is 11.1 Å². The predicted octanol–water partition coefficient (Wildman–Crippen LogP) is 6.38. The molecule has 3 nitrogen and oxygen atoms in total. The van der Waals surface area contributed by atoms with Crippen molar-refractivity contribution < 1.29 is 14.1 Å². The zero-order valence-electron chi connectivity index (χ0n) is 17.4. The van der Waals surface area contributed by atoms with E-state index in [2.05, 4.69) is 0 Å². The van der Waals surface area contributed by atoms with Crippen molar-refractivity contribution in [1.82, 2.24) is 0 Å². The average molecular weight is 386 g/mol. The molecule has 1 unspecified atom stereocenters. The molecule has 4 heteroatoms. The fourth-order valence-corrected chi connectivity index (χ4v) is 3.01. The van der Waals surface area contributed by atoms with Gasteiger partial charge in [-0.05, 0) is 31.6 Å². The maximum Gasteiger partial charge on any atom is 0.314 e. The van der Waals surface area contributed by atoms with Gasteiger partial charge in [0, 0.05) is 11.0 Å². The van der Waals surface area contributed by atoms with Crippen molar-refractivity contribution in [2.45, 2.75) is 41.5 Å². The van der Waals surface area contributed by atoms with E-state index in [1.807, 2.05) is 68.4 Å². The first-order valence-electron chi connectivity index (χ1n) is 9.30. The van der Waals surface area contributed by atoms with Gasteiger partial charge in [-0.2, -0.15) is 0 Å². The largest absolute Gasteiger partial charge is 0.448 e. The third kappa shape index (κ3) is 5.05. The van der Waals surface area contributed by atoms with Crippen LogP contribution < -0.4 is 0 Å². The Morgan fingerprint density at radius 1 is 0.778 bits per heavy atom. The molecule has 146 valence electrons. The minimum absolute atomic E-state index is 0.0616. The Morgan fingerprint density at radius 2 is 1.26 bits per heavy atom. The minimum Gasteiger partial charge on any atom is -0.448 e. The van der Waals surface area contributed by atoms with Crippen LogP contribution in [0.5, 0.6) is 0 Å². The number of hydrogen-bond acceptors (Lipinski definition) is 3. The number of rotatable bonds is 6. The van der Waals surface area contributed by atoms with Gasteiger partial charge in [-0.25, -0.2) is 0 Å². The topological polar surface area (TPSA) is 43.4 Å².